The highest BCUT2D eigenvalue weighted by Gasteiger charge is 2.28. The number of benzene rings is 1. The van der Waals surface area contributed by atoms with Gasteiger partial charge in [0.2, 0.25) is 10.0 Å². The van der Waals surface area contributed by atoms with Gasteiger partial charge in [-0.1, -0.05) is 23.8 Å². The van der Waals surface area contributed by atoms with Crippen molar-refractivity contribution < 1.29 is 13.2 Å². The fourth-order valence-electron chi connectivity index (χ4n) is 2.47. The minimum atomic E-state index is -3.48. The Morgan fingerprint density at radius 1 is 1.04 bits per heavy atom. The van der Waals surface area contributed by atoms with E-state index in [1.54, 1.807) is 12.1 Å². The van der Waals surface area contributed by atoms with Crippen molar-refractivity contribution in [3.8, 4) is 0 Å². The van der Waals surface area contributed by atoms with Gasteiger partial charge < -0.3 is 0 Å². The van der Waals surface area contributed by atoms with Gasteiger partial charge in [-0.05, 0) is 32.9 Å². The molecule has 1 aliphatic heterocycles. The molecule has 1 heterocycles. The molecule has 0 unspecified atom stereocenters. The van der Waals surface area contributed by atoms with E-state index < -0.39 is 10.0 Å². The number of hydrogen-bond donors (Lipinski definition) is 0. The number of ketones is 1. The molecule has 1 saturated heterocycles. The number of nitrogens with zero attached hydrogens (tertiary/aromatic N) is 2. The fourth-order valence-corrected chi connectivity index (χ4v) is 3.90. The molecule has 6 heteroatoms. The van der Waals surface area contributed by atoms with Crippen LogP contribution in [0.1, 0.15) is 31.1 Å². The quantitative estimate of drug-likeness (QED) is 0.611. The Hall–Kier alpha value is -1.50. The highest BCUT2D eigenvalue weighted by molar-refractivity contribution is 7.89. The lowest BCUT2D eigenvalue weighted by atomic mass is 10.2. The first-order chi connectivity index (χ1) is 10.8. The summed E-state index contributed by atoms with van der Waals surface area (Å²) >= 11 is 0. The molecule has 0 aromatic heterocycles. The number of rotatable bonds is 5. The molecule has 0 aliphatic carbocycles. The van der Waals surface area contributed by atoms with E-state index in [0.29, 0.717) is 18.7 Å². The Labute approximate surface area is 138 Å². The lowest BCUT2D eigenvalue weighted by Gasteiger charge is -2.33. The van der Waals surface area contributed by atoms with E-state index in [-0.39, 0.29) is 10.7 Å². The van der Waals surface area contributed by atoms with E-state index in [2.05, 4.69) is 24.8 Å². The predicted octanol–water partition coefficient (Wildman–Crippen LogP) is 2.16. The first-order valence-electron chi connectivity index (χ1n) is 7.77. The van der Waals surface area contributed by atoms with Crippen molar-refractivity contribution in [1.82, 2.24) is 9.21 Å². The molecule has 0 saturated carbocycles. The summed E-state index contributed by atoms with van der Waals surface area (Å²) in [4.78, 5) is 13.8. The molecule has 5 nitrogen and oxygen atoms in total. The highest BCUT2D eigenvalue weighted by Crippen LogP contribution is 2.18. The lowest BCUT2D eigenvalue weighted by molar-refractivity contribution is 0.101. The molecular formula is C17H24N2O3S. The summed E-state index contributed by atoms with van der Waals surface area (Å²) in [5, 5.41) is 0. The summed E-state index contributed by atoms with van der Waals surface area (Å²) < 4.78 is 26.8. The van der Waals surface area contributed by atoms with Crippen LogP contribution < -0.4 is 0 Å². The third kappa shape index (κ3) is 4.50. The van der Waals surface area contributed by atoms with Gasteiger partial charge in [0.25, 0.3) is 0 Å². The molecule has 1 aliphatic rings. The molecule has 0 N–H and O–H groups in total. The summed E-state index contributed by atoms with van der Waals surface area (Å²) in [6.45, 7) is 8.90. The van der Waals surface area contributed by atoms with Crippen LogP contribution in [0.25, 0.3) is 0 Å². The van der Waals surface area contributed by atoms with Gasteiger partial charge in [-0.15, -0.1) is 0 Å². The Bertz CT molecular complexity index is 681. The first-order valence-corrected chi connectivity index (χ1v) is 9.21. The maximum Gasteiger partial charge on any atom is 0.243 e. The number of hydrogen-bond acceptors (Lipinski definition) is 4. The van der Waals surface area contributed by atoms with Crippen molar-refractivity contribution in [2.45, 2.75) is 25.7 Å². The Morgan fingerprint density at radius 2 is 1.61 bits per heavy atom. The molecular weight excluding hydrogens is 312 g/mol. The van der Waals surface area contributed by atoms with Crippen molar-refractivity contribution in [2.75, 3.05) is 32.7 Å². The van der Waals surface area contributed by atoms with Crippen LogP contribution in [0, 0.1) is 0 Å². The number of carbonyl (C=O) groups excluding carboxylic acids is 1. The molecule has 0 spiro atoms. The molecule has 1 fully saturated rings. The van der Waals surface area contributed by atoms with Crippen molar-refractivity contribution in [1.29, 1.82) is 0 Å². The number of allylic oxidation sites excluding steroid dienone is 1. The smallest absolute Gasteiger partial charge is 0.243 e. The standard InChI is InChI=1S/C17H24N2O3S/c1-14(2)8-9-18-10-12-19(13-11-18)23(21,22)17-6-4-16(5-7-17)15(3)20/h4-8H,9-13H2,1-3H3. The van der Waals surface area contributed by atoms with Gasteiger partial charge in [-0.3, -0.25) is 9.69 Å². The van der Waals surface area contributed by atoms with Crippen molar-refractivity contribution in [2.24, 2.45) is 0 Å². The van der Waals surface area contributed by atoms with Gasteiger partial charge in [-0.25, -0.2) is 8.42 Å². The molecule has 126 valence electrons. The van der Waals surface area contributed by atoms with Crippen LogP contribution in [-0.4, -0.2) is 56.1 Å². The van der Waals surface area contributed by atoms with E-state index in [9.17, 15) is 13.2 Å². The minimum Gasteiger partial charge on any atom is -0.297 e. The number of carbonyl (C=O) groups is 1. The summed E-state index contributed by atoms with van der Waals surface area (Å²) in [6, 6.07) is 6.17. The van der Waals surface area contributed by atoms with Crippen molar-refractivity contribution in [3.63, 3.8) is 0 Å². The van der Waals surface area contributed by atoms with Crippen LogP contribution in [-0.2, 0) is 10.0 Å². The van der Waals surface area contributed by atoms with E-state index >= 15 is 0 Å². The third-order valence-corrected chi connectivity index (χ3v) is 5.90. The Balaban J connectivity index is 2.04. The minimum absolute atomic E-state index is 0.0677. The molecule has 23 heavy (non-hydrogen) atoms. The molecule has 0 bridgehead atoms. The highest BCUT2D eigenvalue weighted by atomic mass is 32.2. The van der Waals surface area contributed by atoms with E-state index in [1.807, 2.05) is 0 Å². The van der Waals surface area contributed by atoms with Crippen LogP contribution in [0.3, 0.4) is 0 Å². The van der Waals surface area contributed by atoms with E-state index in [4.69, 9.17) is 0 Å². The molecule has 1 aromatic rings. The number of Topliss-reactive ketones (excluding diaryl/α,β-unsaturated/α-hetero) is 1. The van der Waals surface area contributed by atoms with Crippen LogP contribution >= 0.6 is 0 Å². The van der Waals surface area contributed by atoms with E-state index in [1.165, 1.54) is 28.9 Å². The van der Waals surface area contributed by atoms with Gasteiger partial charge in [0, 0.05) is 38.3 Å². The maximum atomic E-state index is 12.7. The Kier molecular flexibility index (Phi) is 5.73. The largest absolute Gasteiger partial charge is 0.297 e. The monoisotopic (exact) mass is 336 g/mol. The van der Waals surface area contributed by atoms with Gasteiger partial charge in [-0.2, -0.15) is 4.31 Å². The van der Waals surface area contributed by atoms with Gasteiger partial charge >= 0.3 is 0 Å². The van der Waals surface area contributed by atoms with Crippen molar-refractivity contribution in [3.05, 3.63) is 41.5 Å². The summed E-state index contributed by atoms with van der Waals surface area (Å²) in [7, 11) is -3.48. The third-order valence-electron chi connectivity index (χ3n) is 3.99. The zero-order valence-electron chi connectivity index (χ0n) is 13.9. The van der Waals surface area contributed by atoms with Gasteiger partial charge in [0.1, 0.15) is 0 Å². The summed E-state index contributed by atoms with van der Waals surface area (Å²) in [5.41, 5.74) is 1.79. The SMILES string of the molecule is CC(=O)c1ccc(S(=O)(=O)N2CCN(CC=C(C)C)CC2)cc1. The topological polar surface area (TPSA) is 57.7 Å². The molecule has 1 aromatic carbocycles. The number of sulfonamides is 1. The van der Waals surface area contributed by atoms with Gasteiger partial charge in [0.15, 0.2) is 5.78 Å². The average molecular weight is 336 g/mol. The second-order valence-corrected chi connectivity index (χ2v) is 8.00. The van der Waals surface area contributed by atoms with E-state index in [0.717, 1.165) is 19.6 Å². The predicted molar refractivity (Wildman–Crippen MR) is 91.1 cm³/mol. The zero-order chi connectivity index (χ0) is 17.0. The Morgan fingerprint density at radius 3 is 2.09 bits per heavy atom. The molecule has 0 atom stereocenters. The second kappa shape index (κ2) is 7.38. The lowest BCUT2D eigenvalue weighted by Crippen LogP contribution is -2.48. The second-order valence-electron chi connectivity index (χ2n) is 6.07. The molecule has 2 rings (SSSR count). The maximum absolute atomic E-state index is 12.7. The molecule has 0 amide bonds. The summed E-state index contributed by atoms with van der Waals surface area (Å²) in [6.07, 6.45) is 2.16. The fraction of sp³-hybridized carbons (Fsp3) is 0.471. The molecule has 0 radical (unpaired) electrons. The average Bonchev–Trinajstić information content (AvgIpc) is 2.53. The van der Waals surface area contributed by atoms with Crippen LogP contribution in [0.5, 0.6) is 0 Å². The van der Waals surface area contributed by atoms with Crippen molar-refractivity contribution >= 4 is 15.8 Å². The summed E-state index contributed by atoms with van der Waals surface area (Å²) in [5.74, 6) is -0.0677. The number of piperazine rings is 1. The van der Waals surface area contributed by atoms with Gasteiger partial charge in [0.05, 0.1) is 4.90 Å². The van der Waals surface area contributed by atoms with Crippen LogP contribution in [0.2, 0.25) is 0 Å². The van der Waals surface area contributed by atoms with Crippen LogP contribution in [0.15, 0.2) is 40.8 Å². The zero-order valence-corrected chi connectivity index (χ0v) is 14.8. The first kappa shape index (κ1) is 17.8. The normalized spacial score (nSPS) is 17.0. The van der Waals surface area contributed by atoms with Crippen LogP contribution in [0.4, 0.5) is 0 Å².